The van der Waals surface area contributed by atoms with Crippen LogP contribution in [0, 0.1) is 5.82 Å². The van der Waals surface area contributed by atoms with E-state index in [1.54, 1.807) is 6.07 Å². The zero-order valence-corrected chi connectivity index (χ0v) is 12.3. The van der Waals surface area contributed by atoms with Crippen LogP contribution in [-0.4, -0.2) is 13.0 Å². The average Bonchev–Trinajstić information content (AvgIpc) is 2.47. The van der Waals surface area contributed by atoms with E-state index in [0.717, 1.165) is 5.56 Å². The van der Waals surface area contributed by atoms with Crippen LogP contribution in [0.3, 0.4) is 0 Å². The molecule has 0 aliphatic rings. The Labute approximate surface area is 123 Å². The van der Waals surface area contributed by atoms with Gasteiger partial charge in [0, 0.05) is 6.07 Å². The van der Waals surface area contributed by atoms with E-state index in [-0.39, 0.29) is 5.56 Å². The monoisotopic (exact) mass is 287 g/mol. The van der Waals surface area contributed by atoms with Crippen LogP contribution >= 0.6 is 0 Å². The smallest absolute Gasteiger partial charge is 0.254 e. The van der Waals surface area contributed by atoms with Gasteiger partial charge in [0.05, 0.1) is 18.2 Å². The van der Waals surface area contributed by atoms with E-state index < -0.39 is 17.3 Å². The summed E-state index contributed by atoms with van der Waals surface area (Å²) in [6.07, 6.45) is 0. The van der Waals surface area contributed by atoms with Crippen LogP contribution in [-0.2, 0) is 5.54 Å². The standard InChI is InChI=1S/C17H18FNO2/c1-17(2,12-7-5-4-6-8-12)19-16(20)14-10-9-13(21-3)11-15(14)18/h4-11H,1-3H3,(H,19,20). The fourth-order valence-electron chi connectivity index (χ4n) is 2.09. The van der Waals surface area contributed by atoms with E-state index in [2.05, 4.69) is 5.32 Å². The molecule has 1 amide bonds. The van der Waals surface area contributed by atoms with Crippen molar-refractivity contribution in [2.24, 2.45) is 0 Å². The Hall–Kier alpha value is -2.36. The molecule has 0 aliphatic carbocycles. The SMILES string of the molecule is COc1ccc(C(=O)NC(C)(C)c2ccccc2)c(F)c1. The number of hydrogen-bond donors (Lipinski definition) is 1. The van der Waals surface area contributed by atoms with E-state index in [4.69, 9.17) is 4.74 Å². The Morgan fingerprint density at radius 3 is 2.38 bits per heavy atom. The summed E-state index contributed by atoms with van der Waals surface area (Å²) >= 11 is 0. The summed E-state index contributed by atoms with van der Waals surface area (Å²) in [6, 6.07) is 13.7. The second-order valence-corrected chi connectivity index (χ2v) is 5.29. The first-order valence-corrected chi connectivity index (χ1v) is 6.65. The first kappa shape index (κ1) is 15.0. The van der Waals surface area contributed by atoms with Gasteiger partial charge >= 0.3 is 0 Å². The van der Waals surface area contributed by atoms with Crippen molar-refractivity contribution in [3.05, 3.63) is 65.5 Å². The fraction of sp³-hybridized carbons (Fsp3) is 0.235. The van der Waals surface area contributed by atoms with E-state index >= 15 is 0 Å². The molecule has 0 radical (unpaired) electrons. The summed E-state index contributed by atoms with van der Waals surface area (Å²) in [5.74, 6) is -0.675. The lowest BCUT2D eigenvalue weighted by atomic mass is 9.94. The van der Waals surface area contributed by atoms with Gasteiger partial charge in [-0.15, -0.1) is 0 Å². The molecule has 0 fully saturated rings. The van der Waals surface area contributed by atoms with Crippen molar-refractivity contribution < 1.29 is 13.9 Å². The van der Waals surface area contributed by atoms with Gasteiger partial charge in [0.25, 0.3) is 5.91 Å². The van der Waals surface area contributed by atoms with E-state index in [1.807, 2.05) is 44.2 Å². The third-order valence-corrected chi connectivity index (χ3v) is 3.34. The van der Waals surface area contributed by atoms with Gasteiger partial charge in [0.2, 0.25) is 0 Å². The van der Waals surface area contributed by atoms with E-state index in [9.17, 15) is 9.18 Å². The van der Waals surface area contributed by atoms with Crippen molar-refractivity contribution in [2.75, 3.05) is 7.11 Å². The zero-order valence-electron chi connectivity index (χ0n) is 12.3. The zero-order chi connectivity index (χ0) is 15.5. The molecule has 0 bridgehead atoms. The highest BCUT2D eigenvalue weighted by molar-refractivity contribution is 5.95. The Morgan fingerprint density at radius 2 is 1.81 bits per heavy atom. The Balaban J connectivity index is 2.22. The maximum absolute atomic E-state index is 13.9. The maximum atomic E-state index is 13.9. The topological polar surface area (TPSA) is 38.3 Å². The molecule has 0 aromatic heterocycles. The van der Waals surface area contributed by atoms with Gasteiger partial charge in [-0.2, -0.15) is 0 Å². The number of rotatable bonds is 4. The predicted octanol–water partition coefficient (Wildman–Crippen LogP) is 3.50. The highest BCUT2D eigenvalue weighted by Gasteiger charge is 2.24. The number of halogens is 1. The van der Waals surface area contributed by atoms with Gasteiger partial charge < -0.3 is 10.1 Å². The van der Waals surface area contributed by atoms with Gasteiger partial charge in [0.15, 0.2) is 0 Å². The van der Waals surface area contributed by atoms with Crippen LogP contribution < -0.4 is 10.1 Å². The van der Waals surface area contributed by atoms with Crippen LogP contribution in [0.4, 0.5) is 4.39 Å². The Bertz CT molecular complexity index is 638. The quantitative estimate of drug-likeness (QED) is 0.934. The van der Waals surface area contributed by atoms with Crippen LogP contribution in [0.2, 0.25) is 0 Å². The van der Waals surface area contributed by atoms with Crippen molar-refractivity contribution in [3.63, 3.8) is 0 Å². The minimum absolute atomic E-state index is 0.000180. The van der Waals surface area contributed by atoms with Gasteiger partial charge in [-0.1, -0.05) is 30.3 Å². The summed E-state index contributed by atoms with van der Waals surface area (Å²) in [4.78, 5) is 12.3. The third-order valence-electron chi connectivity index (χ3n) is 3.34. The number of hydrogen-bond acceptors (Lipinski definition) is 2. The van der Waals surface area contributed by atoms with Gasteiger partial charge in [-0.3, -0.25) is 4.79 Å². The van der Waals surface area contributed by atoms with Gasteiger partial charge in [-0.25, -0.2) is 4.39 Å². The predicted molar refractivity (Wildman–Crippen MR) is 79.9 cm³/mol. The highest BCUT2D eigenvalue weighted by atomic mass is 19.1. The molecular weight excluding hydrogens is 269 g/mol. The Kier molecular flexibility index (Phi) is 4.26. The number of methoxy groups -OCH3 is 1. The van der Waals surface area contributed by atoms with Crippen molar-refractivity contribution in [3.8, 4) is 5.75 Å². The largest absolute Gasteiger partial charge is 0.497 e. The number of nitrogens with one attached hydrogen (secondary N) is 1. The minimum Gasteiger partial charge on any atom is -0.497 e. The molecule has 3 nitrogen and oxygen atoms in total. The lowest BCUT2D eigenvalue weighted by Gasteiger charge is -2.27. The lowest BCUT2D eigenvalue weighted by Crippen LogP contribution is -2.41. The molecule has 0 saturated heterocycles. The minimum atomic E-state index is -0.601. The lowest BCUT2D eigenvalue weighted by molar-refractivity contribution is 0.0908. The first-order chi connectivity index (χ1) is 9.94. The number of carbonyl (C=O) groups is 1. The number of amides is 1. The molecule has 21 heavy (non-hydrogen) atoms. The number of benzene rings is 2. The molecule has 0 heterocycles. The second-order valence-electron chi connectivity index (χ2n) is 5.29. The van der Waals surface area contributed by atoms with Crippen LogP contribution in [0.1, 0.15) is 29.8 Å². The Morgan fingerprint density at radius 1 is 1.14 bits per heavy atom. The highest BCUT2D eigenvalue weighted by Crippen LogP contribution is 2.22. The van der Waals surface area contributed by atoms with Crippen molar-refractivity contribution in [1.82, 2.24) is 5.32 Å². The second kappa shape index (κ2) is 5.95. The molecule has 0 atom stereocenters. The van der Waals surface area contributed by atoms with E-state index in [1.165, 1.54) is 19.2 Å². The van der Waals surface area contributed by atoms with Crippen LogP contribution in [0.15, 0.2) is 48.5 Å². The summed E-state index contributed by atoms with van der Waals surface area (Å²) in [5, 5.41) is 2.85. The molecule has 1 N–H and O–H groups in total. The summed E-state index contributed by atoms with van der Waals surface area (Å²) < 4.78 is 18.9. The molecule has 2 aromatic rings. The number of ether oxygens (including phenoxy) is 1. The molecule has 110 valence electrons. The molecule has 0 saturated carbocycles. The molecule has 2 aromatic carbocycles. The average molecular weight is 287 g/mol. The molecule has 0 unspecified atom stereocenters. The van der Waals surface area contributed by atoms with Crippen molar-refractivity contribution in [2.45, 2.75) is 19.4 Å². The number of carbonyl (C=O) groups excluding carboxylic acids is 1. The molecular formula is C17H18FNO2. The van der Waals surface area contributed by atoms with Crippen molar-refractivity contribution >= 4 is 5.91 Å². The van der Waals surface area contributed by atoms with Crippen LogP contribution in [0.25, 0.3) is 0 Å². The molecule has 0 aliphatic heterocycles. The molecule has 0 spiro atoms. The molecule has 2 rings (SSSR count). The van der Waals surface area contributed by atoms with Crippen LogP contribution in [0.5, 0.6) is 5.75 Å². The van der Waals surface area contributed by atoms with Gasteiger partial charge in [-0.05, 0) is 31.5 Å². The first-order valence-electron chi connectivity index (χ1n) is 6.65. The third kappa shape index (κ3) is 3.40. The van der Waals surface area contributed by atoms with E-state index in [0.29, 0.717) is 5.75 Å². The summed E-state index contributed by atoms with van der Waals surface area (Å²) in [6.45, 7) is 3.75. The van der Waals surface area contributed by atoms with Gasteiger partial charge in [0.1, 0.15) is 11.6 Å². The fourth-order valence-corrected chi connectivity index (χ4v) is 2.09. The summed E-state index contributed by atoms with van der Waals surface area (Å²) in [7, 11) is 1.45. The molecule has 4 heteroatoms. The van der Waals surface area contributed by atoms with Crippen molar-refractivity contribution in [1.29, 1.82) is 0 Å². The normalized spacial score (nSPS) is 11.0. The maximum Gasteiger partial charge on any atom is 0.254 e. The summed E-state index contributed by atoms with van der Waals surface area (Å²) in [5.41, 5.74) is 0.358.